The second-order valence-electron chi connectivity index (χ2n) is 10.3. The van der Waals surface area contributed by atoms with Crippen molar-refractivity contribution in [3.05, 3.63) is 23.8 Å². The Balaban J connectivity index is 1.64. The molecule has 29 heavy (non-hydrogen) atoms. The van der Waals surface area contributed by atoms with E-state index in [1.165, 1.54) is 5.57 Å². The zero-order valence-electron chi connectivity index (χ0n) is 18.2. The molecule has 4 rings (SSSR count). The van der Waals surface area contributed by atoms with E-state index >= 15 is 0 Å². The lowest BCUT2D eigenvalue weighted by Gasteiger charge is -2.56. The number of esters is 1. The summed E-state index contributed by atoms with van der Waals surface area (Å²) < 4.78 is 5.88. The molecule has 158 valence electrons. The second kappa shape index (κ2) is 7.21. The van der Waals surface area contributed by atoms with Gasteiger partial charge in [-0.2, -0.15) is 0 Å². The molecule has 3 saturated carbocycles. The van der Waals surface area contributed by atoms with Gasteiger partial charge in [-0.3, -0.25) is 14.4 Å². The number of carbonyl (C=O) groups excluding carboxylic acids is 3. The van der Waals surface area contributed by atoms with Crippen LogP contribution >= 0.6 is 0 Å². The average Bonchev–Trinajstić information content (AvgIpc) is 2.94. The van der Waals surface area contributed by atoms with Gasteiger partial charge in [0.05, 0.1) is 5.92 Å². The van der Waals surface area contributed by atoms with Crippen LogP contribution in [-0.4, -0.2) is 23.6 Å². The molecule has 0 radical (unpaired) electrons. The minimum Gasteiger partial charge on any atom is -0.462 e. The average molecular weight is 399 g/mol. The number of hydrogen-bond donors (Lipinski definition) is 0. The lowest BCUT2D eigenvalue weighted by molar-refractivity contribution is -0.153. The van der Waals surface area contributed by atoms with Crippen molar-refractivity contribution in [1.82, 2.24) is 0 Å². The summed E-state index contributed by atoms with van der Waals surface area (Å²) >= 11 is 0. The van der Waals surface area contributed by atoms with Crippen molar-refractivity contribution in [3.8, 4) is 0 Å². The smallest absolute Gasteiger partial charge is 0.306 e. The summed E-state index contributed by atoms with van der Waals surface area (Å²) in [4.78, 5) is 36.9. The summed E-state index contributed by atoms with van der Waals surface area (Å²) in [7, 11) is 0. The van der Waals surface area contributed by atoms with E-state index in [2.05, 4.69) is 19.9 Å². The molecular formula is C25H34O4. The summed E-state index contributed by atoms with van der Waals surface area (Å²) in [5.41, 5.74) is 1.12. The molecule has 4 aliphatic rings. The van der Waals surface area contributed by atoms with Crippen LogP contribution in [0.3, 0.4) is 0 Å². The number of rotatable bonds is 4. The van der Waals surface area contributed by atoms with Crippen LogP contribution in [0.4, 0.5) is 0 Å². The van der Waals surface area contributed by atoms with Crippen LogP contribution in [0, 0.1) is 34.5 Å². The highest BCUT2D eigenvalue weighted by molar-refractivity contribution is 6.01. The molecule has 0 amide bonds. The van der Waals surface area contributed by atoms with Gasteiger partial charge in [-0.25, -0.2) is 0 Å². The number of ketones is 2. The summed E-state index contributed by atoms with van der Waals surface area (Å²) in [6, 6.07) is 0. The third-order valence-electron chi connectivity index (χ3n) is 8.74. The first-order chi connectivity index (χ1) is 13.7. The SMILES string of the molecule is CCCC(=O)OC1C[C@H]2[C@@H]3CCC4=CC(=O)C=C[C@]4(C)[C@H]3CC[C@]2(C)[C@H]1C(C)=O. The van der Waals surface area contributed by atoms with Crippen LogP contribution in [0.5, 0.6) is 0 Å². The van der Waals surface area contributed by atoms with Crippen molar-refractivity contribution in [3.63, 3.8) is 0 Å². The largest absolute Gasteiger partial charge is 0.462 e. The van der Waals surface area contributed by atoms with Crippen LogP contribution in [-0.2, 0) is 19.1 Å². The Labute approximate surface area is 174 Å². The Morgan fingerprint density at radius 2 is 1.97 bits per heavy atom. The Bertz CT molecular complexity index is 793. The molecule has 3 fully saturated rings. The number of Topliss-reactive ketones (excluding diaryl/α,β-unsaturated/α-hetero) is 1. The van der Waals surface area contributed by atoms with E-state index in [0.29, 0.717) is 24.2 Å². The van der Waals surface area contributed by atoms with Crippen molar-refractivity contribution in [2.24, 2.45) is 34.5 Å². The monoisotopic (exact) mass is 398 g/mol. The van der Waals surface area contributed by atoms with E-state index in [-0.39, 0.29) is 40.4 Å². The first-order valence-corrected chi connectivity index (χ1v) is 11.3. The molecular weight excluding hydrogens is 364 g/mol. The molecule has 4 nitrogen and oxygen atoms in total. The Morgan fingerprint density at radius 3 is 2.66 bits per heavy atom. The first-order valence-electron chi connectivity index (χ1n) is 11.3. The van der Waals surface area contributed by atoms with Gasteiger partial charge in [-0.05, 0) is 80.8 Å². The van der Waals surface area contributed by atoms with E-state index < -0.39 is 0 Å². The van der Waals surface area contributed by atoms with E-state index in [4.69, 9.17) is 4.74 Å². The van der Waals surface area contributed by atoms with Crippen LogP contribution in [0.1, 0.15) is 72.6 Å². The standard InChI is InChI=1S/C25H34O4/c1-5-6-22(28)29-21-14-20-18-8-7-16-13-17(27)9-11-24(16,3)19(18)10-12-25(20,4)23(21)15(2)26/h9,11,13,18-21,23H,5-8,10,12,14H2,1-4H3/t18-,19+,20+,21?,23+,24+,25+/m1/s1. The summed E-state index contributed by atoms with van der Waals surface area (Å²) in [5, 5.41) is 0. The van der Waals surface area contributed by atoms with Crippen LogP contribution in [0.15, 0.2) is 23.8 Å². The summed E-state index contributed by atoms with van der Waals surface area (Å²) in [5.74, 6) is 1.29. The number of ether oxygens (including phenoxy) is 1. The Morgan fingerprint density at radius 1 is 1.21 bits per heavy atom. The fraction of sp³-hybridized carbons (Fsp3) is 0.720. The minimum atomic E-state index is -0.284. The zero-order valence-corrected chi connectivity index (χ0v) is 18.2. The predicted molar refractivity (Wildman–Crippen MR) is 111 cm³/mol. The first kappa shape index (κ1) is 20.6. The molecule has 0 N–H and O–H groups in total. The maximum atomic E-state index is 12.7. The normalized spacial score (nSPS) is 43.1. The lowest BCUT2D eigenvalue weighted by atomic mass is 9.47. The van der Waals surface area contributed by atoms with Gasteiger partial charge >= 0.3 is 5.97 Å². The fourth-order valence-corrected chi connectivity index (χ4v) is 7.46. The zero-order chi connectivity index (χ0) is 21.0. The maximum absolute atomic E-state index is 12.7. The van der Waals surface area contributed by atoms with Gasteiger partial charge in [0.2, 0.25) is 0 Å². The van der Waals surface area contributed by atoms with Gasteiger partial charge in [-0.15, -0.1) is 0 Å². The second-order valence-corrected chi connectivity index (χ2v) is 10.3. The molecule has 0 aliphatic heterocycles. The highest BCUT2D eigenvalue weighted by Crippen LogP contribution is 2.66. The lowest BCUT2D eigenvalue weighted by Crippen LogP contribution is -2.50. The van der Waals surface area contributed by atoms with Crippen molar-refractivity contribution in [2.45, 2.75) is 78.7 Å². The predicted octanol–water partition coefficient (Wildman–Crippen LogP) is 4.82. The topological polar surface area (TPSA) is 60.4 Å². The molecule has 0 saturated heterocycles. The van der Waals surface area contributed by atoms with E-state index in [1.54, 1.807) is 13.0 Å². The highest BCUT2D eigenvalue weighted by Gasteiger charge is 2.62. The van der Waals surface area contributed by atoms with Gasteiger partial charge in [0.15, 0.2) is 5.78 Å². The van der Waals surface area contributed by atoms with Gasteiger partial charge in [-0.1, -0.05) is 32.4 Å². The minimum absolute atomic E-state index is 0.0547. The van der Waals surface area contributed by atoms with E-state index in [9.17, 15) is 14.4 Å². The van der Waals surface area contributed by atoms with Gasteiger partial charge < -0.3 is 4.74 Å². The Hall–Kier alpha value is -1.71. The van der Waals surface area contributed by atoms with Crippen molar-refractivity contribution in [1.29, 1.82) is 0 Å². The number of allylic oxidation sites excluding steroid dienone is 4. The molecule has 0 bridgehead atoms. The third kappa shape index (κ3) is 3.14. The molecule has 0 heterocycles. The van der Waals surface area contributed by atoms with Gasteiger partial charge in [0.25, 0.3) is 0 Å². The van der Waals surface area contributed by atoms with Crippen molar-refractivity contribution >= 4 is 17.5 Å². The number of fused-ring (bicyclic) bond motifs is 5. The van der Waals surface area contributed by atoms with E-state index in [1.807, 2.05) is 13.0 Å². The molecule has 1 unspecified atom stereocenters. The van der Waals surface area contributed by atoms with Gasteiger partial charge in [0.1, 0.15) is 11.9 Å². The fourth-order valence-electron chi connectivity index (χ4n) is 7.46. The van der Waals surface area contributed by atoms with Crippen LogP contribution in [0.2, 0.25) is 0 Å². The number of hydrogen-bond acceptors (Lipinski definition) is 4. The van der Waals surface area contributed by atoms with Crippen LogP contribution in [0.25, 0.3) is 0 Å². The Kier molecular flexibility index (Phi) is 5.11. The van der Waals surface area contributed by atoms with Crippen molar-refractivity contribution < 1.29 is 19.1 Å². The van der Waals surface area contributed by atoms with Crippen molar-refractivity contribution in [2.75, 3.05) is 0 Å². The molecule has 4 heteroatoms. The quantitative estimate of drug-likeness (QED) is 0.637. The van der Waals surface area contributed by atoms with Crippen LogP contribution < -0.4 is 0 Å². The summed E-state index contributed by atoms with van der Waals surface area (Å²) in [6.45, 7) is 8.20. The number of carbonyl (C=O) groups is 3. The molecule has 0 aromatic rings. The molecule has 0 spiro atoms. The molecule has 0 aromatic carbocycles. The molecule has 7 atom stereocenters. The molecule has 0 aromatic heterocycles. The third-order valence-corrected chi connectivity index (χ3v) is 8.74. The maximum Gasteiger partial charge on any atom is 0.306 e. The van der Waals surface area contributed by atoms with E-state index in [0.717, 1.165) is 38.5 Å². The van der Waals surface area contributed by atoms with Gasteiger partial charge in [0, 0.05) is 11.8 Å². The summed E-state index contributed by atoms with van der Waals surface area (Å²) in [6.07, 6.45) is 11.5. The highest BCUT2D eigenvalue weighted by atomic mass is 16.5. The molecule has 4 aliphatic carbocycles.